The lowest BCUT2D eigenvalue weighted by molar-refractivity contribution is 0.0694. The van der Waals surface area contributed by atoms with E-state index in [1.165, 1.54) is 24.3 Å². The van der Waals surface area contributed by atoms with Crippen LogP contribution in [-0.2, 0) is 0 Å². The van der Waals surface area contributed by atoms with Crippen molar-refractivity contribution in [2.75, 3.05) is 0 Å². The molecule has 1 N–H and O–H groups in total. The van der Waals surface area contributed by atoms with E-state index in [4.69, 9.17) is 9.84 Å². The summed E-state index contributed by atoms with van der Waals surface area (Å²) in [7, 11) is 0. The molecule has 3 nitrogen and oxygen atoms in total. The summed E-state index contributed by atoms with van der Waals surface area (Å²) in [5, 5.41) is 9.09. The minimum atomic E-state index is -1.10. The molecule has 2 aromatic carbocycles. The maximum absolute atomic E-state index is 13.2. The average Bonchev–Trinajstić information content (AvgIpc) is 2.33. The van der Waals surface area contributed by atoms with Crippen LogP contribution in [-0.4, -0.2) is 11.1 Å². The molecule has 0 aliphatic rings. The van der Waals surface area contributed by atoms with Crippen molar-refractivity contribution in [1.82, 2.24) is 0 Å². The van der Waals surface area contributed by atoms with E-state index < -0.39 is 11.8 Å². The number of carbonyl (C=O) groups is 1. The molecule has 2 aromatic rings. The molecule has 0 saturated heterocycles. The highest BCUT2D eigenvalue weighted by molar-refractivity contribution is 9.10. The number of carboxylic acid groups (broad SMARTS) is 1. The van der Waals surface area contributed by atoms with Gasteiger partial charge in [-0.15, -0.1) is 0 Å². The highest BCUT2D eigenvalue weighted by atomic mass is 79.9. The molecule has 5 heteroatoms. The highest BCUT2D eigenvalue weighted by Gasteiger charge is 2.13. The first-order valence-corrected chi connectivity index (χ1v) is 6.23. The average molecular weight is 325 g/mol. The largest absolute Gasteiger partial charge is 0.478 e. The fourth-order valence-corrected chi connectivity index (χ4v) is 1.90. The van der Waals surface area contributed by atoms with Crippen molar-refractivity contribution in [1.29, 1.82) is 0 Å². The van der Waals surface area contributed by atoms with Crippen LogP contribution in [0.4, 0.5) is 4.39 Å². The number of carboxylic acids is 1. The van der Waals surface area contributed by atoms with Gasteiger partial charge in [-0.2, -0.15) is 0 Å². The Morgan fingerprint density at radius 2 is 1.95 bits per heavy atom. The van der Waals surface area contributed by atoms with Crippen LogP contribution >= 0.6 is 15.9 Å². The zero-order valence-electron chi connectivity index (χ0n) is 9.98. The molecule has 2 rings (SSSR count). The van der Waals surface area contributed by atoms with Crippen molar-refractivity contribution >= 4 is 21.9 Å². The summed E-state index contributed by atoms with van der Waals surface area (Å²) >= 11 is 3.24. The first kappa shape index (κ1) is 13.5. The lowest BCUT2D eigenvalue weighted by Crippen LogP contribution is -2.00. The normalized spacial score (nSPS) is 10.3. The first-order chi connectivity index (χ1) is 8.97. The van der Waals surface area contributed by atoms with Crippen LogP contribution in [0.15, 0.2) is 40.9 Å². The molecule has 0 aliphatic carbocycles. The minimum Gasteiger partial charge on any atom is -0.478 e. The third-order valence-electron chi connectivity index (χ3n) is 2.54. The van der Waals surface area contributed by atoms with E-state index in [9.17, 15) is 9.18 Å². The molecule has 0 amide bonds. The van der Waals surface area contributed by atoms with Gasteiger partial charge < -0.3 is 9.84 Å². The third kappa shape index (κ3) is 3.12. The number of rotatable bonds is 3. The number of benzene rings is 2. The van der Waals surface area contributed by atoms with Gasteiger partial charge in [-0.25, -0.2) is 9.18 Å². The molecule has 98 valence electrons. The van der Waals surface area contributed by atoms with Crippen LogP contribution < -0.4 is 4.74 Å². The van der Waals surface area contributed by atoms with E-state index in [0.717, 1.165) is 5.56 Å². The van der Waals surface area contributed by atoms with E-state index in [0.29, 0.717) is 10.2 Å². The van der Waals surface area contributed by atoms with Crippen LogP contribution in [0.5, 0.6) is 11.5 Å². The van der Waals surface area contributed by atoms with Crippen molar-refractivity contribution in [3.05, 3.63) is 57.8 Å². The van der Waals surface area contributed by atoms with Crippen molar-refractivity contribution in [2.24, 2.45) is 0 Å². The Morgan fingerprint density at radius 1 is 1.21 bits per heavy atom. The molecule has 19 heavy (non-hydrogen) atoms. The summed E-state index contributed by atoms with van der Waals surface area (Å²) in [5.74, 6) is -1.08. The number of aryl methyl sites for hydroxylation is 1. The molecule has 0 bridgehead atoms. The van der Waals surface area contributed by atoms with Gasteiger partial charge in [-0.1, -0.05) is 22.0 Å². The first-order valence-electron chi connectivity index (χ1n) is 5.44. The van der Waals surface area contributed by atoms with Gasteiger partial charge in [0.05, 0.1) is 0 Å². The monoisotopic (exact) mass is 324 g/mol. The Morgan fingerprint density at radius 3 is 2.63 bits per heavy atom. The molecule has 0 atom stereocenters. The maximum atomic E-state index is 13.2. The van der Waals surface area contributed by atoms with Crippen LogP contribution in [0.3, 0.4) is 0 Å². The predicted octanol–water partition coefficient (Wildman–Crippen LogP) is 4.39. The van der Waals surface area contributed by atoms with Gasteiger partial charge in [0, 0.05) is 10.5 Å². The second-order valence-electron chi connectivity index (χ2n) is 3.96. The van der Waals surface area contributed by atoms with Crippen molar-refractivity contribution in [3.8, 4) is 11.5 Å². The molecule has 0 spiro atoms. The van der Waals surface area contributed by atoms with Crippen molar-refractivity contribution in [3.63, 3.8) is 0 Å². The number of halogens is 2. The maximum Gasteiger partial charge on any atom is 0.339 e. The summed E-state index contributed by atoms with van der Waals surface area (Å²) in [6, 6.07) is 8.69. The zero-order valence-corrected chi connectivity index (χ0v) is 11.6. The van der Waals surface area contributed by atoms with Crippen LogP contribution in [0, 0.1) is 12.7 Å². The Labute approximate surface area is 117 Å². The number of hydrogen-bond acceptors (Lipinski definition) is 2. The molecular formula is C14H10BrFO3. The summed E-state index contributed by atoms with van der Waals surface area (Å²) in [4.78, 5) is 11.1. The molecule has 0 aliphatic heterocycles. The summed E-state index contributed by atoms with van der Waals surface area (Å²) in [6.07, 6.45) is 0. The van der Waals surface area contributed by atoms with Crippen molar-refractivity contribution < 1.29 is 19.0 Å². The van der Waals surface area contributed by atoms with Gasteiger partial charge in [0.25, 0.3) is 0 Å². The van der Waals surface area contributed by atoms with E-state index in [1.54, 1.807) is 19.1 Å². The quantitative estimate of drug-likeness (QED) is 0.910. The topological polar surface area (TPSA) is 46.5 Å². The highest BCUT2D eigenvalue weighted by Crippen LogP contribution is 2.30. The van der Waals surface area contributed by atoms with Gasteiger partial charge in [-0.05, 0) is 36.8 Å². The smallest absolute Gasteiger partial charge is 0.339 e. The molecule has 0 saturated carbocycles. The molecule has 0 radical (unpaired) electrons. The zero-order chi connectivity index (χ0) is 14.0. The van der Waals surface area contributed by atoms with Crippen molar-refractivity contribution in [2.45, 2.75) is 6.92 Å². The van der Waals surface area contributed by atoms with Crippen LogP contribution in [0.2, 0.25) is 0 Å². The second-order valence-corrected chi connectivity index (χ2v) is 4.87. The Balaban J connectivity index is 2.45. The van der Waals surface area contributed by atoms with E-state index in [1.807, 2.05) is 0 Å². The second kappa shape index (κ2) is 5.40. The summed E-state index contributed by atoms with van der Waals surface area (Å²) in [6.45, 7) is 1.76. The molecular weight excluding hydrogens is 315 g/mol. The van der Waals surface area contributed by atoms with E-state index >= 15 is 0 Å². The standard InChI is InChI=1S/C14H10BrFO3/c1-8-2-4-10(16)7-12(8)19-13-6-9(15)3-5-11(13)14(17)18/h2-7H,1H3,(H,17,18). The number of hydrogen-bond donors (Lipinski definition) is 1. The molecule has 0 aromatic heterocycles. The summed E-state index contributed by atoms with van der Waals surface area (Å²) in [5.41, 5.74) is 0.740. The Hall–Kier alpha value is -1.88. The summed E-state index contributed by atoms with van der Waals surface area (Å²) < 4.78 is 19.4. The Kier molecular flexibility index (Phi) is 3.85. The van der Waals surface area contributed by atoms with E-state index in [2.05, 4.69) is 15.9 Å². The Bertz CT molecular complexity index is 641. The lowest BCUT2D eigenvalue weighted by Gasteiger charge is -2.11. The third-order valence-corrected chi connectivity index (χ3v) is 3.04. The van der Waals surface area contributed by atoms with Gasteiger partial charge >= 0.3 is 5.97 Å². The van der Waals surface area contributed by atoms with Gasteiger partial charge in [0.1, 0.15) is 22.9 Å². The molecule has 0 unspecified atom stereocenters. The predicted molar refractivity (Wildman–Crippen MR) is 72.3 cm³/mol. The SMILES string of the molecule is Cc1ccc(F)cc1Oc1cc(Br)ccc1C(=O)O. The lowest BCUT2D eigenvalue weighted by atomic mass is 10.2. The number of aromatic carboxylic acids is 1. The fourth-order valence-electron chi connectivity index (χ4n) is 1.56. The van der Waals surface area contributed by atoms with Gasteiger partial charge in [0.15, 0.2) is 0 Å². The van der Waals surface area contributed by atoms with Crippen LogP contribution in [0.25, 0.3) is 0 Å². The number of ether oxygens (including phenoxy) is 1. The molecule has 0 fully saturated rings. The van der Waals surface area contributed by atoms with Gasteiger partial charge in [-0.3, -0.25) is 0 Å². The molecule has 0 heterocycles. The minimum absolute atomic E-state index is 0.0202. The van der Waals surface area contributed by atoms with Crippen LogP contribution in [0.1, 0.15) is 15.9 Å². The van der Waals surface area contributed by atoms with Gasteiger partial charge in [0.2, 0.25) is 0 Å². The fraction of sp³-hybridized carbons (Fsp3) is 0.0714. The van der Waals surface area contributed by atoms with E-state index in [-0.39, 0.29) is 11.3 Å².